The topological polar surface area (TPSA) is 29.9 Å². The van der Waals surface area contributed by atoms with Gasteiger partial charge >= 0.3 is 0 Å². The van der Waals surface area contributed by atoms with E-state index in [1.807, 2.05) is 4.68 Å². The molecule has 0 radical (unpaired) electrons. The zero-order valence-corrected chi connectivity index (χ0v) is 8.66. The van der Waals surface area contributed by atoms with Crippen LogP contribution in [0.3, 0.4) is 0 Å². The highest BCUT2D eigenvalue weighted by molar-refractivity contribution is 5.25. The molecule has 0 spiro atoms. The van der Waals surface area contributed by atoms with E-state index in [1.54, 1.807) is 0 Å². The van der Waals surface area contributed by atoms with Crippen molar-refractivity contribution in [3.63, 3.8) is 0 Å². The van der Waals surface area contributed by atoms with Crippen molar-refractivity contribution in [2.45, 2.75) is 44.2 Å². The van der Waals surface area contributed by atoms with E-state index in [4.69, 9.17) is 0 Å². The quantitative estimate of drug-likeness (QED) is 0.768. The number of rotatable bonds is 2. The van der Waals surface area contributed by atoms with Gasteiger partial charge in [0, 0.05) is 30.4 Å². The molecule has 0 bridgehead atoms. The Labute approximate surface area is 84.5 Å². The fourth-order valence-electron chi connectivity index (χ4n) is 2.41. The van der Waals surface area contributed by atoms with E-state index in [0.717, 1.165) is 6.04 Å². The second-order valence-corrected chi connectivity index (χ2v) is 4.56. The summed E-state index contributed by atoms with van der Waals surface area (Å²) < 4.78 is 2.04. The molecule has 14 heavy (non-hydrogen) atoms. The molecular formula is C11H17N3. The molecule has 1 aromatic rings. The summed E-state index contributed by atoms with van der Waals surface area (Å²) in [5.74, 6) is 0. The molecule has 76 valence electrons. The second kappa shape index (κ2) is 3.09. The van der Waals surface area contributed by atoms with Crippen LogP contribution >= 0.6 is 0 Å². The van der Waals surface area contributed by atoms with Crippen LogP contribution in [0.15, 0.2) is 6.20 Å². The van der Waals surface area contributed by atoms with Crippen LogP contribution in [0.2, 0.25) is 0 Å². The maximum Gasteiger partial charge on any atom is 0.0540 e. The third-order valence-electron chi connectivity index (χ3n) is 3.39. The van der Waals surface area contributed by atoms with E-state index in [2.05, 4.69) is 23.7 Å². The first-order valence-electron chi connectivity index (χ1n) is 5.61. The molecule has 0 aliphatic heterocycles. The molecule has 1 atom stereocenters. The molecule has 0 amide bonds. The summed E-state index contributed by atoms with van der Waals surface area (Å²) in [4.78, 5) is 0. The molecule has 2 aliphatic rings. The van der Waals surface area contributed by atoms with Gasteiger partial charge in [0.25, 0.3) is 0 Å². The summed E-state index contributed by atoms with van der Waals surface area (Å²) in [6, 6.07) is 1.38. The molecule has 1 aromatic heterocycles. The van der Waals surface area contributed by atoms with Crippen LogP contribution in [0.5, 0.6) is 0 Å². The molecule has 3 rings (SSSR count). The lowest BCUT2D eigenvalue weighted by atomic mass is 9.93. The Kier molecular flexibility index (Phi) is 1.87. The fourth-order valence-corrected chi connectivity index (χ4v) is 2.41. The number of hydrogen-bond donors (Lipinski definition) is 1. The molecule has 0 aromatic carbocycles. The van der Waals surface area contributed by atoms with Gasteiger partial charge in [0.1, 0.15) is 0 Å². The highest BCUT2D eigenvalue weighted by Gasteiger charge is 2.29. The number of nitrogens with zero attached hydrogens (tertiary/aromatic N) is 2. The lowest BCUT2D eigenvalue weighted by Crippen LogP contribution is -2.26. The van der Waals surface area contributed by atoms with Crippen LogP contribution in [-0.2, 0) is 13.5 Å². The van der Waals surface area contributed by atoms with Gasteiger partial charge in [0.15, 0.2) is 0 Å². The number of nitrogens with one attached hydrogen (secondary N) is 1. The van der Waals surface area contributed by atoms with Gasteiger partial charge in [-0.05, 0) is 32.1 Å². The van der Waals surface area contributed by atoms with Crippen molar-refractivity contribution >= 4 is 0 Å². The Hall–Kier alpha value is -0.830. The minimum atomic E-state index is 0.583. The van der Waals surface area contributed by atoms with E-state index in [-0.39, 0.29) is 0 Å². The lowest BCUT2D eigenvalue weighted by molar-refractivity contribution is 0.450. The van der Waals surface area contributed by atoms with Gasteiger partial charge in [0.05, 0.1) is 6.20 Å². The average molecular weight is 191 g/mol. The predicted molar refractivity (Wildman–Crippen MR) is 55.0 cm³/mol. The van der Waals surface area contributed by atoms with Crippen molar-refractivity contribution in [2.75, 3.05) is 0 Å². The van der Waals surface area contributed by atoms with Gasteiger partial charge in [-0.3, -0.25) is 4.68 Å². The third kappa shape index (κ3) is 1.36. The van der Waals surface area contributed by atoms with Gasteiger partial charge in [-0.15, -0.1) is 0 Å². The van der Waals surface area contributed by atoms with Crippen molar-refractivity contribution in [1.29, 1.82) is 0 Å². The van der Waals surface area contributed by atoms with Crippen LogP contribution in [0.25, 0.3) is 0 Å². The minimum Gasteiger partial charge on any atom is -0.307 e. The molecule has 3 nitrogen and oxygen atoms in total. The molecule has 0 saturated heterocycles. The molecule has 1 unspecified atom stereocenters. The number of hydrogen-bond acceptors (Lipinski definition) is 2. The Morgan fingerprint density at radius 1 is 1.43 bits per heavy atom. The summed E-state index contributed by atoms with van der Waals surface area (Å²) in [5.41, 5.74) is 2.89. The second-order valence-electron chi connectivity index (χ2n) is 4.56. The molecule has 1 heterocycles. The van der Waals surface area contributed by atoms with Crippen LogP contribution in [0.4, 0.5) is 0 Å². The van der Waals surface area contributed by atoms with Crippen LogP contribution in [0.1, 0.15) is 43.0 Å². The largest absolute Gasteiger partial charge is 0.307 e. The smallest absolute Gasteiger partial charge is 0.0540 e. The third-order valence-corrected chi connectivity index (χ3v) is 3.39. The Morgan fingerprint density at radius 3 is 3.07 bits per heavy atom. The van der Waals surface area contributed by atoms with Crippen molar-refractivity contribution in [3.8, 4) is 0 Å². The molecular weight excluding hydrogens is 174 g/mol. The van der Waals surface area contributed by atoms with Crippen molar-refractivity contribution in [3.05, 3.63) is 17.5 Å². The number of fused-ring (bicyclic) bond motifs is 1. The van der Waals surface area contributed by atoms with Crippen LogP contribution < -0.4 is 5.32 Å². The minimum absolute atomic E-state index is 0.583. The Balaban J connectivity index is 1.86. The summed E-state index contributed by atoms with van der Waals surface area (Å²) in [7, 11) is 2.05. The Morgan fingerprint density at radius 2 is 2.29 bits per heavy atom. The summed E-state index contributed by atoms with van der Waals surface area (Å²) in [6.07, 6.45) is 8.58. The van der Waals surface area contributed by atoms with Gasteiger partial charge in [-0.1, -0.05) is 0 Å². The van der Waals surface area contributed by atoms with Gasteiger partial charge < -0.3 is 5.32 Å². The fraction of sp³-hybridized carbons (Fsp3) is 0.727. The van der Waals surface area contributed by atoms with Crippen molar-refractivity contribution < 1.29 is 0 Å². The van der Waals surface area contributed by atoms with Crippen LogP contribution in [-0.4, -0.2) is 15.8 Å². The first-order valence-corrected chi connectivity index (χ1v) is 5.61. The van der Waals surface area contributed by atoms with E-state index in [9.17, 15) is 0 Å². The summed E-state index contributed by atoms with van der Waals surface area (Å²) in [5, 5.41) is 8.06. The average Bonchev–Trinajstić information content (AvgIpc) is 2.92. The number of aromatic nitrogens is 2. The zero-order chi connectivity index (χ0) is 9.54. The SMILES string of the molecule is Cn1ncc2c1CCCC2NC1CC1. The Bertz CT molecular complexity index is 338. The number of aryl methyl sites for hydroxylation is 1. The highest BCUT2D eigenvalue weighted by atomic mass is 15.3. The van der Waals surface area contributed by atoms with Gasteiger partial charge in [-0.2, -0.15) is 5.10 Å². The van der Waals surface area contributed by atoms with E-state index in [1.165, 1.54) is 43.4 Å². The van der Waals surface area contributed by atoms with E-state index >= 15 is 0 Å². The molecule has 1 fully saturated rings. The standard InChI is InChI=1S/C11H17N3/c1-14-11-4-2-3-10(9(11)7-12-14)13-8-5-6-8/h7-8,10,13H,2-6H2,1H3. The van der Waals surface area contributed by atoms with E-state index in [0.29, 0.717) is 6.04 Å². The normalized spacial score (nSPS) is 26.2. The van der Waals surface area contributed by atoms with Gasteiger partial charge in [-0.25, -0.2) is 0 Å². The van der Waals surface area contributed by atoms with Crippen LogP contribution in [0, 0.1) is 0 Å². The molecule has 1 saturated carbocycles. The maximum absolute atomic E-state index is 4.35. The van der Waals surface area contributed by atoms with Crippen molar-refractivity contribution in [2.24, 2.45) is 7.05 Å². The summed E-state index contributed by atoms with van der Waals surface area (Å²) >= 11 is 0. The first kappa shape index (κ1) is 8.48. The van der Waals surface area contributed by atoms with E-state index < -0.39 is 0 Å². The highest BCUT2D eigenvalue weighted by Crippen LogP contribution is 2.32. The molecule has 3 heteroatoms. The van der Waals surface area contributed by atoms with Gasteiger partial charge in [0.2, 0.25) is 0 Å². The maximum atomic E-state index is 4.35. The summed E-state index contributed by atoms with van der Waals surface area (Å²) in [6.45, 7) is 0. The zero-order valence-electron chi connectivity index (χ0n) is 8.66. The molecule has 1 N–H and O–H groups in total. The van der Waals surface area contributed by atoms with Crippen molar-refractivity contribution in [1.82, 2.24) is 15.1 Å². The monoisotopic (exact) mass is 191 g/mol. The first-order chi connectivity index (χ1) is 6.84. The predicted octanol–water partition coefficient (Wildman–Crippen LogP) is 1.55. The lowest BCUT2D eigenvalue weighted by Gasteiger charge is -2.23. The molecule has 2 aliphatic carbocycles.